The van der Waals surface area contributed by atoms with Gasteiger partial charge in [0, 0.05) is 22.7 Å². The van der Waals surface area contributed by atoms with Crippen LogP contribution in [0.3, 0.4) is 0 Å². The highest BCUT2D eigenvalue weighted by atomic mass is 32.2. The van der Waals surface area contributed by atoms with E-state index in [-0.39, 0.29) is 17.2 Å². The maximum absolute atomic E-state index is 13.6. The molecule has 0 saturated carbocycles. The fourth-order valence-corrected chi connectivity index (χ4v) is 4.85. The summed E-state index contributed by atoms with van der Waals surface area (Å²) in [7, 11) is 0. The van der Waals surface area contributed by atoms with Gasteiger partial charge in [0.2, 0.25) is 11.8 Å². The fraction of sp³-hybridized carbons (Fsp3) is 0.310. The molecule has 0 radical (unpaired) electrons. The molecule has 0 aliphatic carbocycles. The highest BCUT2D eigenvalue weighted by Gasteiger charge is 2.24. The highest BCUT2D eigenvalue weighted by molar-refractivity contribution is 8.00. The Balaban J connectivity index is 1.84. The lowest BCUT2D eigenvalue weighted by molar-refractivity contribution is -0.118. The van der Waals surface area contributed by atoms with Gasteiger partial charge in [-0.05, 0) is 53.6 Å². The van der Waals surface area contributed by atoms with Gasteiger partial charge in [0.1, 0.15) is 5.25 Å². The van der Waals surface area contributed by atoms with Crippen LogP contribution in [0.1, 0.15) is 56.1 Å². The number of anilines is 2. The van der Waals surface area contributed by atoms with E-state index in [2.05, 4.69) is 23.6 Å². The van der Waals surface area contributed by atoms with Crippen molar-refractivity contribution < 1.29 is 9.59 Å². The minimum Gasteiger partial charge on any atom is -0.326 e. The molecule has 2 amide bonds. The van der Waals surface area contributed by atoms with Crippen molar-refractivity contribution in [2.75, 3.05) is 10.6 Å². The summed E-state index contributed by atoms with van der Waals surface area (Å²) < 4.78 is 0. The predicted molar refractivity (Wildman–Crippen MR) is 143 cm³/mol. The average Bonchev–Trinajstić information content (AvgIpc) is 2.78. The number of carbonyl (C=O) groups excluding carboxylic acids is 2. The Morgan fingerprint density at radius 1 is 0.912 bits per heavy atom. The third kappa shape index (κ3) is 7.22. The summed E-state index contributed by atoms with van der Waals surface area (Å²) in [6.07, 6.45) is 1.28. The first-order valence-electron chi connectivity index (χ1n) is 11.7. The molecule has 4 nitrogen and oxygen atoms in total. The van der Waals surface area contributed by atoms with Crippen molar-refractivity contribution in [3.8, 4) is 0 Å². The van der Waals surface area contributed by atoms with Crippen LogP contribution in [0.5, 0.6) is 0 Å². The third-order valence-electron chi connectivity index (χ3n) is 5.39. The number of amides is 2. The zero-order valence-electron chi connectivity index (χ0n) is 20.6. The Bertz CT molecular complexity index is 1140. The van der Waals surface area contributed by atoms with Gasteiger partial charge in [0.15, 0.2) is 0 Å². The lowest BCUT2D eigenvalue weighted by Gasteiger charge is -2.20. The first-order valence-corrected chi connectivity index (χ1v) is 12.5. The Labute approximate surface area is 207 Å². The number of hydrogen-bond donors (Lipinski definition) is 2. The van der Waals surface area contributed by atoms with E-state index in [0.29, 0.717) is 6.42 Å². The number of aryl methyl sites for hydroxylation is 2. The summed E-state index contributed by atoms with van der Waals surface area (Å²) >= 11 is 1.48. The van der Waals surface area contributed by atoms with Gasteiger partial charge < -0.3 is 10.6 Å². The van der Waals surface area contributed by atoms with Gasteiger partial charge >= 0.3 is 0 Å². The molecular formula is C29H34N2O2S. The van der Waals surface area contributed by atoms with Crippen LogP contribution in [0.15, 0.2) is 77.7 Å². The Morgan fingerprint density at radius 3 is 2.29 bits per heavy atom. The molecule has 1 unspecified atom stereocenters. The topological polar surface area (TPSA) is 58.2 Å². The predicted octanol–water partition coefficient (Wildman–Crippen LogP) is 7.40. The van der Waals surface area contributed by atoms with Crippen molar-refractivity contribution >= 4 is 35.0 Å². The van der Waals surface area contributed by atoms with E-state index in [1.54, 1.807) is 0 Å². The highest BCUT2D eigenvalue weighted by Crippen LogP contribution is 2.38. The molecule has 1 atom stereocenters. The summed E-state index contributed by atoms with van der Waals surface area (Å²) in [4.78, 5) is 26.9. The molecule has 3 aromatic rings. The van der Waals surface area contributed by atoms with Crippen LogP contribution in [0, 0.1) is 12.3 Å². The molecule has 0 bridgehead atoms. The van der Waals surface area contributed by atoms with Crippen molar-refractivity contribution in [1.29, 1.82) is 0 Å². The first kappa shape index (κ1) is 25.6. The lowest BCUT2D eigenvalue weighted by atomic mass is 9.92. The zero-order valence-corrected chi connectivity index (χ0v) is 21.5. The molecular weight excluding hydrogens is 440 g/mol. The molecule has 5 heteroatoms. The Kier molecular flexibility index (Phi) is 8.56. The molecule has 0 fully saturated rings. The third-order valence-corrected chi connectivity index (χ3v) is 6.64. The number of thioether (sulfide) groups is 1. The van der Waals surface area contributed by atoms with Crippen molar-refractivity contribution in [2.24, 2.45) is 5.41 Å². The van der Waals surface area contributed by atoms with Crippen molar-refractivity contribution in [3.63, 3.8) is 0 Å². The van der Waals surface area contributed by atoms with Crippen LogP contribution in [0.4, 0.5) is 11.4 Å². The number of rotatable bonds is 8. The molecule has 0 saturated heterocycles. The quantitative estimate of drug-likeness (QED) is 0.334. The number of para-hydroxylation sites is 1. The second kappa shape index (κ2) is 11.4. The van der Waals surface area contributed by atoms with Crippen molar-refractivity contribution in [3.05, 3.63) is 89.5 Å². The molecule has 34 heavy (non-hydrogen) atoms. The van der Waals surface area contributed by atoms with Gasteiger partial charge in [-0.1, -0.05) is 82.3 Å². The van der Waals surface area contributed by atoms with Crippen LogP contribution >= 0.6 is 11.8 Å². The summed E-state index contributed by atoms with van der Waals surface area (Å²) in [6, 6.07) is 23.6. The van der Waals surface area contributed by atoms with E-state index < -0.39 is 5.25 Å². The maximum Gasteiger partial charge on any atom is 0.242 e. The van der Waals surface area contributed by atoms with Crippen LogP contribution in [0.25, 0.3) is 0 Å². The van der Waals surface area contributed by atoms with Crippen LogP contribution in [0.2, 0.25) is 0 Å². The van der Waals surface area contributed by atoms with Crippen molar-refractivity contribution in [1.82, 2.24) is 0 Å². The van der Waals surface area contributed by atoms with E-state index in [1.807, 2.05) is 94.4 Å². The van der Waals surface area contributed by atoms with Gasteiger partial charge in [-0.2, -0.15) is 0 Å². The van der Waals surface area contributed by atoms with Crippen LogP contribution in [-0.4, -0.2) is 11.8 Å². The van der Waals surface area contributed by atoms with E-state index in [4.69, 9.17) is 0 Å². The fourth-order valence-electron chi connectivity index (χ4n) is 3.76. The monoisotopic (exact) mass is 474 g/mol. The molecule has 0 heterocycles. The smallest absolute Gasteiger partial charge is 0.242 e. The summed E-state index contributed by atoms with van der Waals surface area (Å²) in [6.45, 7) is 10.2. The molecule has 0 spiro atoms. The largest absolute Gasteiger partial charge is 0.326 e. The standard InChI is InChI=1S/C29H34N2O2S/c1-6-21-15-10-12-20(2)26(21)31-28(33)27(22-13-8-7-9-14-22)34-24-17-11-16-23(18-24)30-25(32)19-29(3,4)5/h7-18,27H,6,19H2,1-5H3,(H,30,32)(H,31,33). The Morgan fingerprint density at radius 2 is 1.62 bits per heavy atom. The lowest BCUT2D eigenvalue weighted by Crippen LogP contribution is -2.20. The Hall–Kier alpha value is -3.05. The van der Waals surface area contributed by atoms with E-state index >= 15 is 0 Å². The van der Waals surface area contributed by atoms with E-state index in [1.165, 1.54) is 11.8 Å². The van der Waals surface area contributed by atoms with Gasteiger partial charge in [-0.15, -0.1) is 11.8 Å². The van der Waals surface area contributed by atoms with E-state index in [9.17, 15) is 9.59 Å². The molecule has 3 rings (SSSR count). The van der Waals surface area contributed by atoms with Crippen LogP contribution in [-0.2, 0) is 16.0 Å². The molecule has 3 aromatic carbocycles. The average molecular weight is 475 g/mol. The number of benzene rings is 3. The number of nitrogens with one attached hydrogen (secondary N) is 2. The normalized spacial score (nSPS) is 12.1. The van der Waals surface area contributed by atoms with Gasteiger partial charge in [0.25, 0.3) is 0 Å². The number of hydrogen-bond acceptors (Lipinski definition) is 3. The summed E-state index contributed by atoms with van der Waals surface area (Å²) in [5.41, 5.74) is 4.64. The molecule has 0 aromatic heterocycles. The van der Waals surface area contributed by atoms with Crippen LogP contribution < -0.4 is 10.6 Å². The van der Waals surface area contributed by atoms with Gasteiger partial charge in [-0.25, -0.2) is 0 Å². The second-order valence-corrected chi connectivity index (χ2v) is 10.9. The number of carbonyl (C=O) groups is 2. The van der Waals surface area contributed by atoms with E-state index in [0.717, 1.165) is 39.4 Å². The van der Waals surface area contributed by atoms with Gasteiger partial charge in [-0.3, -0.25) is 9.59 Å². The molecule has 0 aliphatic heterocycles. The molecule has 2 N–H and O–H groups in total. The summed E-state index contributed by atoms with van der Waals surface area (Å²) in [5, 5.41) is 5.74. The SMILES string of the molecule is CCc1cccc(C)c1NC(=O)C(Sc1cccc(NC(=O)CC(C)(C)C)c1)c1ccccc1. The van der Waals surface area contributed by atoms with Crippen molar-refractivity contribution in [2.45, 2.75) is 57.6 Å². The van der Waals surface area contributed by atoms with Gasteiger partial charge in [0.05, 0.1) is 0 Å². The maximum atomic E-state index is 13.6. The molecule has 0 aliphatic rings. The second-order valence-electron chi connectivity index (χ2n) is 9.67. The minimum absolute atomic E-state index is 0.0151. The first-order chi connectivity index (χ1) is 16.2. The summed E-state index contributed by atoms with van der Waals surface area (Å²) in [5.74, 6) is -0.0824. The zero-order chi connectivity index (χ0) is 24.7. The molecule has 178 valence electrons. The minimum atomic E-state index is -0.439.